The van der Waals surface area contributed by atoms with Gasteiger partial charge in [0.1, 0.15) is 0 Å². The highest BCUT2D eigenvalue weighted by atomic mass is 32.1. The summed E-state index contributed by atoms with van der Waals surface area (Å²) in [5.41, 5.74) is 2.40. The number of piperidine rings is 1. The van der Waals surface area contributed by atoms with Crippen molar-refractivity contribution in [1.29, 1.82) is 0 Å². The quantitative estimate of drug-likeness (QED) is 0.601. The number of benzene rings is 1. The van der Waals surface area contributed by atoms with Crippen molar-refractivity contribution in [2.24, 2.45) is 5.92 Å². The molecule has 0 radical (unpaired) electrons. The molecule has 31 heavy (non-hydrogen) atoms. The first-order chi connectivity index (χ1) is 15.0. The topological polar surface area (TPSA) is 91.4 Å². The molecule has 3 heterocycles. The minimum absolute atomic E-state index is 0.0444. The molecule has 0 saturated carbocycles. The largest absolute Gasteiger partial charge is 0.338 e. The van der Waals surface area contributed by atoms with Crippen LogP contribution in [0.5, 0.6) is 0 Å². The van der Waals surface area contributed by atoms with Crippen molar-refractivity contribution in [3.63, 3.8) is 0 Å². The maximum Gasteiger partial charge on any atom is 0.263 e. The number of carbonyl (C=O) groups is 3. The lowest BCUT2D eigenvalue weighted by atomic mass is 9.96. The number of hydrogen-bond donors (Lipinski definition) is 2. The van der Waals surface area contributed by atoms with E-state index in [1.54, 1.807) is 0 Å². The van der Waals surface area contributed by atoms with Gasteiger partial charge in [-0.25, -0.2) is 4.98 Å². The van der Waals surface area contributed by atoms with Gasteiger partial charge in [0.25, 0.3) is 5.91 Å². The first kappa shape index (κ1) is 21.2. The van der Waals surface area contributed by atoms with Crippen molar-refractivity contribution in [3.8, 4) is 11.3 Å². The highest BCUT2D eigenvalue weighted by Crippen LogP contribution is 2.27. The predicted octanol–water partition coefficient (Wildman–Crippen LogP) is 4.32. The predicted molar refractivity (Wildman–Crippen MR) is 123 cm³/mol. The maximum absolute atomic E-state index is 12.7. The fourth-order valence-corrected chi connectivity index (χ4v) is 4.91. The molecular formula is C22H22N4O3S2. The number of nitrogens with one attached hydrogen (secondary N) is 2. The molecule has 4 rings (SSSR count). The van der Waals surface area contributed by atoms with E-state index in [4.69, 9.17) is 0 Å². The van der Waals surface area contributed by atoms with Crippen LogP contribution in [0.15, 0.2) is 47.2 Å². The molecule has 0 atom stereocenters. The van der Waals surface area contributed by atoms with Crippen LogP contribution in [-0.2, 0) is 9.59 Å². The van der Waals surface area contributed by atoms with E-state index in [0.717, 1.165) is 21.8 Å². The fourth-order valence-electron chi connectivity index (χ4n) is 3.50. The average Bonchev–Trinajstić information content (AvgIpc) is 3.46. The summed E-state index contributed by atoms with van der Waals surface area (Å²) in [6, 6.07) is 11.1. The summed E-state index contributed by atoms with van der Waals surface area (Å²) in [6.07, 6.45) is 1.29. The number of thiazole rings is 1. The van der Waals surface area contributed by atoms with Crippen molar-refractivity contribution in [3.05, 3.63) is 52.0 Å². The standard InChI is InChI=1S/C22H22N4O3S2/c1-14(27)23-17-6-4-15(5-7-17)18-13-31-22(24-18)25-20(28)16-8-10-26(11-9-16)21(29)19-3-2-12-30-19/h2-7,12-13,16H,8-11H2,1H3,(H,23,27)(H,24,25,28). The molecule has 1 saturated heterocycles. The molecule has 1 aliphatic heterocycles. The molecule has 1 aromatic carbocycles. The van der Waals surface area contributed by atoms with Crippen LogP contribution in [0.1, 0.15) is 29.4 Å². The number of anilines is 2. The normalized spacial score (nSPS) is 14.3. The molecular weight excluding hydrogens is 432 g/mol. The van der Waals surface area contributed by atoms with E-state index < -0.39 is 0 Å². The van der Waals surface area contributed by atoms with E-state index in [-0.39, 0.29) is 23.6 Å². The average molecular weight is 455 g/mol. The summed E-state index contributed by atoms with van der Waals surface area (Å²) in [6.45, 7) is 2.63. The molecule has 0 unspecified atom stereocenters. The van der Waals surface area contributed by atoms with Crippen LogP contribution in [-0.4, -0.2) is 40.7 Å². The molecule has 0 spiro atoms. The summed E-state index contributed by atoms with van der Waals surface area (Å²) in [5, 5.41) is 10.0. The monoisotopic (exact) mass is 454 g/mol. The second kappa shape index (κ2) is 9.40. The molecule has 160 valence electrons. The Balaban J connectivity index is 1.31. The zero-order valence-electron chi connectivity index (χ0n) is 17.0. The summed E-state index contributed by atoms with van der Waals surface area (Å²) in [4.78, 5) is 43.3. The summed E-state index contributed by atoms with van der Waals surface area (Å²) >= 11 is 2.82. The first-order valence-electron chi connectivity index (χ1n) is 9.97. The minimum atomic E-state index is -0.128. The molecule has 1 fully saturated rings. The molecule has 1 aliphatic rings. The zero-order valence-corrected chi connectivity index (χ0v) is 18.6. The van der Waals surface area contributed by atoms with Gasteiger partial charge in [-0.15, -0.1) is 22.7 Å². The molecule has 2 aromatic heterocycles. The van der Waals surface area contributed by atoms with Crippen molar-refractivity contribution in [1.82, 2.24) is 9.88 Å². The van der Waals surface area contributed by atoms with E-state index in [1.807, 2.05) is 52.1 Å². The number of hydrogen-bond acceptors (Lipinski definition) is 6. The van der Waals surface area contributed by atoms with E-state index in [2.05, 4.69) is 15.6 Å². The van der Waals surface area contributed by atoms with E-state index in [1.165, 1.54) is 29.6 Å². The third-order valence-electron chi connectivity index (χ3n) is 5.12. The van der Waals surface area contributed by atoms with Gasteiger partial charge in [-0.3, -0.25) is 14.4 Å². The van der Waals surface area contributed by atoms with E-state index in [0.29, 0.717) is 31.1 Å². The molecule has 9 heteroatoms. The van der Waals surface area contributed by atoms with Crippen LogP contribution in [0, 0.1) is 5.92 Å². The Kier molecular flexibility index (Phi) is 6.43. The van der Waals surface area contributed by atoms with Gasteiger partial charge in [-0.05, 0) is 36.4 Å². The lowest BCUT2D eigenvalue weighted by Gasteiger charge is -2.30. The molecule has 0 aliphatic carbocycles. The summed E-state index contributed by atoms with van der Waals surface area (Å²) in [7, 11) is 0. The number of carbonyl (C=O) groups excluding carboxylic acids is 3. The van der Waals surface area contributed by atoms with Crippen molar-refractivity contribution >= 4 is 51.2 Å². The van der Waals surface area contributed by atoms with Gasteiger partial charge in [-0.2, -0.15) is 0 Å². The van der Waals surface area contributed by atoms with Crippen molar-refractivity contribution < 1.29 is 14.4 Å². The highest BCUT2D eigenvalue weighted by molar-refractivity contribution is 7.14. The second-order valence-corrected chi connectivity index (χ2v) is 9.14. The summed E-state index contributed by atoms with van der Waals surface area (Å²) in [5.74, 6) is -0.252. The van der Waals surface area contributed by atoms with Crippen LogP contribution in [0.3, 0.4) is 0 Å². The van der Waals surface area contributed by atoms with Crippen molar-refractivity contribution in [2.75, 3.05) is 23.7 Å². The van der Waals surface area contributed by atoms with Crippen LogP contribution in [0.2, 0.25) is 0 Å². The van der Waals surface area contributed by atoms with Gasteiger partial charge in [0.05, 0.1) is 10.6 Å². The molecule has 3 amide bonds. The molecule has 2 N–H and O–H groups in total. The number of amides is 3. The SMILES string of the molecule is CC(=O)Nc1ccc(-c2csc(NC(=O)C3CCN(C(=O)c4cccs4)CC3)n2)cc1. The second-order valence-electron chi connectivity index (χ2n) is 7.33. The van der Waals surface area contributed by atoms with Crippen LogP contribution < -0.4 is 10.6 Å². The van der Waals surface area contributed by atoms with Gasteiger partial charge in [0.15, 0.2) is 5.13 Å². The third-order valence-corrected chi connectivity index (χ3v) is 6.74. The van der Waals surface area contributed by atoms with Gasteiger partial charge in [-0.1, -0.05) is 18.2 Å². The van der Waals surface area contributed by atoms with E-state index in [9.17, 15) is 14.4 Å². The van der Waals surface area contributed by atoms with Gasteiger partial charge in [0, 0.05) is 42.6 Å². The Labute approximate surface area is 188 Å². The van der Waals surface area contributed by atoms with Crippen molar-refractivity contribution in [2.45, 2.75) is 19.8 Å². The molecule has 3 aromatic rings. The number of thiophene rings is 1. The number of aromatic nitrogens is 1. The van der Waals surface area contributed by atoms with E-state index >= 15 is 0 Å². The van der Waals surface area contributed by atoms with Crippen LogP contribution in [0.4, 0.5) is 10.8 Å². The number of rotatable bonds is 5. The lowest BCUT2D eigenvalue weighted by molar-refractivity contribution is -0.121. The lowest BCUT2D eigenvalue weighted by Crippen LogP contribution is -2.41. The Morgan fingerprint density at radius 2 is 1.77 bits per heavy atom. The Morgan fingerprint density at radius 3 is 2.42 bits per heavy atom. The third kappa shape index (κ3) is 5.18. The molecule has 0 bridgehead atoms. The number of likely N-dealkylation sites (tertiary alicyclic amines) is 1. The Bertz CT molecular complexity index is 1070. The maximum atomic E-state index is 12.7. The first-order valence-corrected chi connectivity index (χ1v) is 11.7. The molecule has 7 nitrogen and oxygen atoms in total. The van der Waals surface area contributed by atoms with Crippen LogP contribution in [0.25, 0.3) is 11.3 Å². The highest BCUT2D eigenvalue weighted by Gasteiger charge is 2.28. The summed E-state index contributed by atoms with van der Waals surface area (Å²) < 4.78 is 0. The van der Waals surface area contributed by atoms with Gasteiger partial charge < -0.3 is 15.5 Å². The number of nitrogens with zero attached hydrogens (tertiary/aromatic N) is 2. The Hall–Kier alpha value is -3.04. The van der Waals surface area contributed by atoms with Gasteiger partial charge in [0.2, 0.25) is 11.8 Å². The van der Waals surface area contributed by atoms with Crippen LogP contribution >= 0.6 is 22.7 Å². The van der Waals surface area contributed by atoms with Gasteiger partial charge >= 0.3 is 0 Å². The fraction of sp³-hybridized carbons (Fsp3) is 0.273. The minimum Gasteiger partial charge on any atom is -0.338 e. The Morgan fingerprint density at radius 1 is 1.03 bits per heavy atom. The smallest absolute Gasteiger partial charge is 0.263 e. The zero-order chi connectivity index (χ0) is 21.8.